The first-order valence-electron chi connectivity index (χ1n) is 12.1. The Labute approximate surface area is 216 Å². The number of anilines is 1. The normalized spacial score (nSPS) is 17.8. The molecule has 5 rings (SSSR count). The summed E-state index contributed by atoms with van der Waals surface area (Å²) in [6.45, 7) is 6.17. The number of amides is 1. The van der Waals surface area contributed by atoms with Gasteiger partial charge in [-0.05, 0) is 51.1 Å². The lowest BCUT2D eigenvalue weighted by molar-refractivity contribution is -0.274. The van der Waals surface area contributed by atoms with Crippen molar-refractivity contribution in [1.29, 1.82) is 0 Å². The molecule has 0 atom stereocenters. The molecule has 13 heteroatoms. The Hall–Kier alpha value is -3.58. The maximum atomic E-state index is 12.6. The average molecular weight is 536 g/mol. The van der Waals surface area contributed by atoms with Gasteiger partial charge in [0.05, 0.1) is 42.2 Å². The topological polar surface area (TPSA) is 113 Å². The van der Waals surface area contributed by atoms with Gasteiger partial charge in [-0.2, -0.15) is 5.10 Å². The maximum absolute atomic E-state index is 12.6. The van der Waals surface area contributed by atoms with Gasteiger partial charge >= 0.3 is 12.5 Å². The summed E-state index contributed by atoms with van der Waals surface area (Å²) in [6, 6.07) is 7.09. The van der Waals surface area contributed by atoms with Gasteiger partial charge < -0.3 is 29.5 Å². The van der Waals surface area contributed by atoms with Crippen molar-refractivity contribution in [2.75, 3.05) is 37.7 Å². The third-order valence-corrected chi connectivity index (χ3v) is 6.41. The Morgan fingerprint density at radius 1 is 1.13 bits per heavy atom. The molecule has 2 fully saturated rings. The number of nitrogens with zero attached hydrogens (tertiary/aromatic N) is 5. The minimum Gasteiger partial charge on any atom is -0.444 e. The Balaban J connectivity index is 1.50. The average Bonchev–Trinajstić information content (AvgIpc) is 3.14. The Morgan fingerprint density at radius 2 is 1.79 bits per heavy atom. The maximum Gasteiger partial charge on any atom is 0.573 e. The van der Waals surface area contributed by atoms with Crippen LogP contribution in [0.15, 0.2) is 36.5 Å². The minimum absolute atomic E-state index is 0.139. The number of fused-ring (bicyclic) bond motifs is 1. The number of aliphatic hydroxyl groups excluding tert-OH is 1. The lowest BCUT2D eigenvalue weighted by atomic mass is 9.91. The first-order chi connectivity index (χ1) is 17.8. The highest BCUT2D eigenvalue weighted by Crippen LogP contribution is 2.40. The standard InChI is InChI=1S/C25H28F3N5O5/c1-23(2,3)38-22(35)31-10-15(11-31)20-19-18(32-12-24(36,13-32)14-34)8-9-29-21(19)33(30-20)16-4-6-17(7-5-16)37-25(26,27)28/h4-9,15,34,36H,10-14H2,1-3H3. The summed E-state index contributed by atoms with van der Waals surface area (Å²) < 4.78 is 48.8. The van der Waals surface area contributed by atoms with Crippen molar-refractivity contribution >= 4 is 22.8 Å². The van der Waals surface area contributed by atoms with E-state index in [9.17, 15) is 28.2 Å². The highest BCUT2D eigenvalue weighted by molar-refractivity contribution is 5.94. The van der Waals surface area contributed by atoms with Crippen LogP contribution in [-0.4, -0.2) is 86.3 Å². The second kappa shape index (κ2) is 9.02. The third kappa shape index (κ3) is 5.07. The number of rotatable bonds is 5. The van der Waals surface area contributed by atoms with Gasteiger partial charge in [0.2, 0.25) is 0 Å². The van der Waals surface area contributed by atoms with Crippen LogP contribution in [-0.2, 0) is 4.74 Å². The van der Waals surface area contributed by atoms with E-state index < -0.39 is 23.7 Å². The Bertz CT molecular complexity index is 1340. The zero-order valence-electron chi connectivity index (χ0n) is 21.1. The fraction of sp³-hybridized carbons (Fsp3) is 0.480. The van der Waals surface area contributed by atoms with E-state index in [-0.39, 0.29) is 31.4 Å². The number of aromatic nitrogens is 3. The minimum atomic E-state index is -4.80. The van der Waals surface area contributed by atoms with Crippen molar-refractivity contribution < 1.29 is 37.7 Å². The van der Waals surface area contributed by atoms with E-state index in [4.69, 9.17) is 9.84 Å². The second-order valence-corrected chi connectivity index (χ2v) is 10.7. The zero-order chi connectivity index (χ0) is 27.5. The summed E-state index contributed by atoms with van der Waals surface area (Å²) in [4.78, 5) is 20.5. The van der Waals surface area contributed by atoms with E-state index >= 15 is 0 Å². The molecule has 0 unspecified atom stereocenters. The number of halogens is 3. The molecular weight excluding hydrogens is 507 g/mol. The highest BCUT2D eigenvalue weighted by Gasteiger charge is 2.43. The summed E-state index contributed by atoms with van der Waals surface area (Å²) in [5, 5.41) is 25.3. The molecule has 4 heterocycles. The smallest absolute Gasteiger partial charge is 0.444 e. The molecule has 2 aromatic heterocycles. The van der Waals surface area contributed by atoms with Crippen LogP contribution in [0.2, 0.25) is 0 Å². The molecule has 204 valence electrons. The first-order valence-corrected chi connectivity index (χ1v) is 12.1. The number of ether oxygens (including phenoxy) is 2. The number of carbonyl (C=O) groups is 1. The van der Waals surface area contributed by atoms with Gasteiger partial charge in [-0.1, -0.05) is 0 Å². The molecule has 2 aliphatic heterocycles. The van der Waals surface area contributed by atoms with Crippen LogP contribution in [0, 0.1) is 0 Å². The summed E-state index contributed by atoms with van der Waals surface area (Å²) in [5.74, 6) is -0.498. The molecule has 1 aromatic carbocycles. The van der Waals surface area contributed by atoms with Gasteiger partial charge in [0, 0.05) is 25.2 Å². The molecule has 2 saturated heterocycles. The molecule has 0 saturated carbocycles. The molecule has 10 nitrogen and oxygen atoms in total. The molecule has 1 amide bonds. The van der Waals surface area contributed by atoms with Crippen LogP contribution in [0.1, 0.15) is 32.4 Å². The molecule has 3 aromatic rings. The lowest BCUT2D eigenvalue weighted by Crippen LogP contribution is -2.64. The summed E-state index contributed by atoms with van der Waals surface area (Å²) in [6.07, 6.45) is -3.64. The summed E-state index contributed by atoms with van der Waals surface area (Å²) in [5.41, 5.74) is 0.525. The van der Waals surface area contributed by atoms with Crippen molar-refractivity contribution in [3.05, 3.63) is 42.2 Å². The van der Waals surface area contributed by atoms with Crippen LogP contribution in [0.25, 0.3) is 16.7 Å². The summed E-state index contributed by atoms with van der Waals surface area (Å²) >= 11 is 0. The molecule has 0 bridgehead atoms. The summed E-state index contributed by atoms with van der Waals surface area (Å²) in [7, 11) is 0. The van der Waals surface area contributed by atoms with Gasteiger partial charge in [-0.3, -0.25) is 0 Å². The van der Waals surface area contributed by atoms with Crippen LogP contribution in [0.4, 0.5) is 23.7 Å². The van der Waals surface area contributed by atoms with Crippen molar-refractivity contribution in [2.24, 2.45) is 0 Å². The van der Waals surface area contributed by atoms with E-state index in [2.05, 4.69) is 9.72 Å². The SMILES string of the molecule is CC(C)(C)OC(=O)N1CC(c2nn(-c3ccc(OC(F)(F)F)cc3)c3nccc(N4CC(O)(CO)C4)c23)C1. The second-order valence-electron chi connectivity index (χ2n) is 10.7. The largest absolute Gasteiger partial charge is 0.573 e. The van der Waals surface area contributed by atoms with E-state index in [0.717, 1.165) is 5.69 Å². The molecule has 2 aliphatic rings. The molecular formula is C25H28F3N5O5. The van der Waals surface area contributed by atoms with Crippen LogP contribution in [0.3, 0.4) is 0 Å². The Kier molecular flexibility index (Phi) is 6.18. The van der Waals surface area contributed by atoms with E-state index in [1.54, 1.807) is 42.6 Å². The van der Waals surface area contributed by atoms with Gasteiger partial charge in [0.25, 0.3) is 0 Å². The predicted octanol–water partition coefficient (Wildman–Crippen LogP) is 3.20. The lowest BCUT2D eigenvalue weighted by Gasteiger charge is -2.47. The van der Waals surface area contributed by atoms with Crippen LogP contribution in [0.5, 0.6) is 5.75 Å². The fourth-order valence-corrected chi connectivity index (χ4v) is 4.63. The van der Waals surface area contributed by atoms with Crippen molar-refractivity contribution in [3.8, 4) is 11.4 Å². The number of alkyl halides is 3. The number of pyridine rings is 1. The van der Waals surface area contributed by atoms with E-state index in [0.29, 0.717) is 35.5 Å². The van der Waals surface area contributed by atoms with Gasteiger partial charge in [-0.15, -0.1) is 13.2 Å². The van der Waals surface area contributed by atoms with E-state index in [1.165, 1.54) is 24.3 Å². The first kappa shape index (κ1) is 26.0. The molecule has 2 N–H and O–H groups in total. The number of aliphatic hydroxyl groups is 2. The highest BCUT2D eigenvalue weighted by atomic mass is 19.4. The van der Waals surface area contributed by atoms with Gasteiger partial charge in [0.15, 0.2) is 5.65 Å². The monoisotopic (exact) mass is 535 g/mol. The van der Waals surface area contributed by atoms with E-state index in [1.807, 2.05) is 4.90 Å². The number of likely N-dealkylation sites (tertiary alicyclic amines) is 1. The predicted molar refractivity (Wildman–Crippen MR) is 130 cm³/mol. The fourth-order valence-electron chi connectivity index (χ4n) is 4.63. The van der Waals surface area contributed by atoms with Gasteiger partial charge in [0.1, 0.15) is 17.0 Å². The van der Waals surface area contributed by atoms with Crippen molar-refractivity contribution in [3.63, 3.8) is 0 Å². The Morgan fingerprint density at radius 3 is 2.37 bits per heavy atom. The van der Waals surface area contributed by atoms with Crippen LogP contribution >= 0.6 is 0 Å². The number of benzene rings is 1. The number of carbonyl (C=O) groups excluding carboxylic acids is 1. The molecule has 38 heavy (non-hydrogen) atoms. The quantitative estimate of drug-likeness (QED) is 0.512. The van der Waals surface area contributed by atoms with Gasteiger partial charge in [-0.25, -0.2) is 14.5 Å². The number of hydrogen-bond acceptors (Lipinski definition) is 8. The number of β-amino-alcohol motifs (C(OH)–C–C–N with tert-alkyl or cyclic N) is 1. The zero-order valence-corrected chi connectivity index (χ0v) is 21.1. The molecule has 0 spiro atoms. The third-order valence-electron chi connectivity index (χ3n) is 6.41. The van der Waals surface area contributed by atoms with Crippen molar-refractivity contribution in [1.82, 2.24) is 19.7 Å². The van der Waals surface area contributed by atoms with Crippen molar-refractivity contribution in [2.45, 2.75) is 44.3 Å². The molecule has 0 aliphatic carbocycles. The van der Waals surface area contributed by atoms with Crippen LogP contribution < -0.4 is 9.64 Å². The number of hydrogen-bond donors (Lipinski definition) is 2. The molecule has 0 radical (unpaired) electrons.